The number of nitrogen functional groups attached to an aromatic ring is 1. The van der Waals surface area contributed by atoms with Gasteiger partial charge in [0.25, 0.3) is 0 Å². The molecule has 1 aromatic heterocycles. The Hall–Kier alpha value is -2.10. The lowest BCUT2D eigenvalue weighted by Crippen LogP contribution is -1.98. The first-order valence-corrected chi connectivity index (χ1v) is 5.89. The fourth-order valence-corrected chi connectivity index (χ4v) is 1.94. The molecule has 0 atom stereocenters. The van der Waals surface area contributed by atoms with Crippen LogP contribution in [0.3, 0.4) is 0 Å². The molecule has 2 rings (SSSR count). The van der Waals surface area contributed by atoms with Gasteiger partial charge < -0.3 is 10.5 Å². The molecule has 1 aromatic carbocycles. The summed E-state index contributed by atoms with van der Waals surface area (Å²) in [5.74, 6) is 1.72. The summed E-state index contributed by atoms with van der Waals surface area (Å²) in [5.41, 5.74) is 8.93. The molecule has 0 unspecified atom stereocenters. The second-order valence-corrected chi connectivity index (χ2v) is 4.44. The van der Waals surface area contributed by atoms with Crippen molar-refractivity contribution in [2.24, 2.45) is 0 Å². The molecule has 0 bridgehead atoms. The van der Waals surface area contributed by atoms with Crippen molar-refractivity contribution < 1.29 is 4.74 Å². The van der Waals surface area contributed by atoms with Gasteiger partial charge in [0.1, 0.15) is 5.75 Å². The van der Waals surface area contributed by atoms with Crippen LogP contribution in [0, 0.1) is 0 Å². The summed E-state index contributed by atoms with van der Waals surface area (Å²) in [7, 11) is 1.68. The molecule has 0 spiro atoms. The molecule has 2 N–H and O–H groups in total. The molecule has 0 saturated heterocycles. The van der Waals surface area contributed by atoms with Crippen molar-refractivity contribution in [2.45, 2.75) is 19.8 Å². The van der Waals surface area contributed by atoms with Crippen LogP contribution in [-0.2, 0) is 0 Å². The lowest BCUT2D eigenvalue weighted by atomic mass is 9.97. The Morgan fingerprint density at radius 1 is 1.22 bits per heavy atom. The summed E-state index contributed by atoms with van der Waals surface area (Å²) in [6.07, 6.45) is 1.64. The first kappa shape index (κ1) is 12.4. The van der Waals surface area contributed by atoms with Crippen molar-refractivity contribution in [3.05, 3.63) is 36.0 Å². The van der Waals surface area contributed by atoms with E-state index in [0.29, 0.717) is 11.7 Å². The number of hydrogen-bond acceptors (Lipinski definition) is 4. The lowest BCUT2D eigenvalue weighted by molar-refractivity contribution is 0.407. The highest BCUT2D eigenvalue weighted by Gasteiger charge is 2.11. The lowest BCUT2D eigenvalue weighted by Gasteiger charge is -2.14. The van der Waals surface area contributed by atoms with Crippen LogP contribution >= 0.6 is 0 Å². The average molecular weight is 243 g/mol. The Kier molecular flexibility index (Phi) is 3.46. The van der Waals surface area contributed by atoms with E-state index in [9.17, 15) is 0 Å². The number of nitrogens with two attached hydrogens (primary N) is 1. The summed E-state index contributed by atoms with van der Waals surface area (Å²) >= 11 is 0. The maximum absolute atomic E-state index is 5.84. The van der Waals surface area contributed by atoms with Crippen LogP contribution < -0.4 is 10.5 Å². The maximum atomic E-state index is 5.84. The number of hydrogen-bond donors (Lipinski definition) is 1. The Morgan fingerprint density at radius 2 is 2.00 bits per heavy atom. The Morgan fingerprint density at radius 3 is 2.61 bits per heavy atom. The minimum absolute atomic E-state index is 0.385. The Balaban J connectivity index is 2.54. The van der Waals surface area contributed by atoms with E-state index in [4.69, 9.17) is 10.5 Å². The van der Waals surface area contributed by atoms with Gasteiger partial charge in [-0.2, -0.15) is 5.10 Å². The zero-order valence-corrected chi connectivity index (χ0v) is 10.8. The standard InChI is InChI=1S/C14H17N3O/c1-9(2)12-8-10(4-5-13(12)18-3)11-6-7-16-17-14(11)15/h4-9H,1-3H3,(H2,15,17). The fraction of sp³-hybridized carbons (Fsp3) is 0.286. The number of anilines is 1. The van der Waals surface area contributed by atoms with Crippen LogP contribution in [0.15, 0.2) is 30.5 Å². The number of aromatic nitrogens is 2. The van der Waals surface area contributed by atoms with Gasteiger partial charge in [-0.3, -0.25) is 0 Å². The van der Waals surface area contributed by atoms with Gasteiger partial charge in [0.2, 0.25) is 0 Å². The molecule has 0 aliphatic heterocycles. The highest BCUT2D eigenvalue weighted by atomic mass is 16.5. The molecule has 2 aromatic rings. The second kappa shape index (κ2) is 5.04. The number of rotatable bonds is 3. The van der Waals surface area contributed by atoms with Crippen molar-refractivity contribution in [3.63, 3.8) is 0 Å². The van der Waals surface area contributed by atoms with E-state index in [-0.39, 0.29) is 0 Å². The van der Waals surface area contributed by atoms with Crippen molar-refractivity contribution >= 4 is 5.82 Å². The van der Waals surface area contributed by atoms with Crippen LogP contribution in [0.2, 0.25) is 0 Å². The van der Waals surface area contributed by atoms with Gasteiger partial charge in [-0.25, -0.2) is 0 Å². The SMILES string of the molecule is COc1ccc(-c2ccnnc2N)cc1C(C)C. The van der Waals surface area contributed by atoms with Crippen LogP contribution in [0.25, 0.3) is 11.1 Å². The van der Waals surface area contributed by atoms with Crippen LogP contribution in [0.1, 0.15) is 25.3 Å². The highest BCUT2D eigenvalue weighted by molar-refractivity contribution is 5.74. The van der Waals surface area contributed by atoms with Gasteiger partial charge in [0.05, 0.1) is 13.3 Å². The zero-order chi connectivity index (χ0) is 13.1. The zero-order valence-electron chi connectivity index (χ0n) is 10.8. The summed E-state index contributed by atoms with van der Waals surface area (Å²) in [6, 6.07) is 7.91. The summed E-state index contributed by atoms with van der Waals surface area (Å²) in [6.45, 7) is 4.27. The van der Waals surface area contributed by atoms with E-state index in [1.165, 1.54) is 0 Å². The van der Waals surface area contributed by atoms with E-state index < -0.39 is 0 Å². The van der Waals surface area contributed by atoms with Crippen LogP contribution in [0.4, 0.5) is 5.82 Å². The van der Waals surface area contributed by atoms with Crippen LogP contribution in [-0.4, -0.2) is 17.3 Å². The van der Waals surface area contributed by atoms with E-state index in [2.05, 4.69) is 30.1 Å². The predicted molar refractivity (Wildman–Crippen MR) is 72.5 cm³/mol. The molecular formula is C14H17N3O. The smallest absolute Gasteiger partial charge is 0.153 e. The Bertz CT molecular complexity index is 552. The third-order valence-corrected chi connectivity index (χ3v) is 2.91. The number of ether oxygens (including phenoxy) is 1. The molecule has 4 heteroatoms. The van der Waals surface area contributed by atoms with E-state index in [1.54, 1.807) is 13.3 Å². The molecule has 0 radical (unpaired) electrons. The molecule has 0 aliphatic rings. The van der Waals surface area contributed by atoms with E-state index >= 15 is 0 Å². The predicted octanol–water partition coefficient (Wildman–Crippen LogP) is 2.86. The van der Waals surface area contributed by atoms with Crippen LogP contribution in [0.5, 0.6) is 5.75 Å². The largest absolute Gasteiger partial charge is 0.496 e. The molecule has 0 fully saturated rings. The summed E-state index contributed by atoms with van der Waals surface area (Å²) < 4.78 is 5.37. The first-order valence-electron chi connectivity index (χ1n) is 5.89. The van der Waals surface area contributed by atoms with E-state index in [1.807, 2.05) is 18.2 Å². The average Bonchev–Trinajstić information content (AvgIpc) is 2.38. The monoisotopic (exact) mass is 243 g/mol. The van der Waals surface area contributed by atoms with Crippen molar-refractivity contribution in [2.75, 3.05) is 12.8 Å². The summed E-state index contributed by atoms with van der Waals surface area (Å²) in [5, 5.41) is 7.63. The first-order chi connectivity index (χ1) is 8.63. The molecule has 0 amide bonds. The van der Waals surface area contributed by atoms with Gasteiger partial charge in [-0.15, -0.1) is 5.10 Å². The van der Waals surface area contributed by atoms with Gasteiger partial charge in [-0.05, 0) is 35.2 Å². The third kappa shape index (κ3) is 2.27. The molecule has 1 heterocycles. The second-order valence-electron chi connectivity index (χ2n) is 4.44. The number of nitrogens with zero attached hydrogens (tertiary/aromatic N) is 2. The minimum atomic E-state index is 0.385. The van der Waals surface area contributed by atoms with Crippen molar-refractivity contribution in [1.82, 2.24) is 10.2 Å². The molecule has 0 saturated carbocycles. The number of methoxy groups -OCH3 is 1. The van der Waals surface area contributed by atoms with Gasteiger partial charge in [0, 0.05) is 5.56 Å². The highest BCUT2D eigenvalue weighted by Crippen LogP contribution is 2.32. The van der Waals surface area contributed by atoms with Crippen molar-refractivity contribution in [3.8, 4) is 16.9 Å². The van der Waals surface area contributed by atoms with Crippen molar-refractivity contribution in [1.29, 1.82) is 0 Å². The molecular weight excluding hydrogens is 226 g/mol. The Labute approximate surface area is 107 Å². The third-order valence-electron chi connectivity index (χ3n) is 2.91. The van der Waals surface area contributed by atoms with Gasteiger partial charge >= 0.3 is 0 Å². The molecule has 94 valence electrons. The quantitative estimate of drug-likeness (QED) is 0.900. The maximum Gasteiger partial charge on any atom is 0.153 e. The molecule has 0 aliphatic carbocycles. The van der Waals surface area contributed by atoms with Gasteiger partial charge in [-0.1, -0.05) is 19.9 Å². The normalized spacial score (nSPS) is 10.7. The molecule has 18 heavy (non-hydrogen) atoms. The molecule has 4 nitrogen and oxygen atoms in total. The number of benzene rings is 1. The van der Waals surface area contributed by atoms with Gasteiger partial charge in [0.15, 0.2) is 5.82 Å². The fourth-order valence-electron chi connectivity index (χ4n) is 1.94. The summed E-state index contributed by atoms with van der Waals surface area (Å²) in [4.78, 5) is 0. The minimum Gasteiger partial charge on any atom is -0.496 e. The van der Waals surface area contributed by atoms with E-state index in [0.717, 1.165) is 22.4 Å². The topological polar surface area (TPSA) is 61.0 Å².